The Morgan fingerprint density at radius 2 is 1.85 bits per heavy atom. The summed E-state index contributed by atoms with van der Waals surface area (Å²) in [7, 11) is 0. The average Bonchev–Trinajstić information content (AvgIpc) is 2.23. The number of hydrogen-bond acceptors (Lipinski definition) is 3. The van der Waals surface area contributed by atoms with Crippen molar-refractivity contribution < 1.29 is 4.92 Å². The maximum atomic E-state index is 11.0. The van der Waals surface area contributed by atoms with Gasteiger partial charge in [-0.15, -0.1) is 0 Å². The van der Waals surface area contributed by atoms with Gasteiger partial charge in [-0.1, -0.05) is 32.4 Å². The Morgan fingerprint density at radius 3 is 2.35 bits per heavy atom. The van der Waals surface area contributed by atoms with E-state index < -0.39 is 0 Å². The number of nitrogens with one attached hydrogen (secondary N) is 1. The Labute approximate surface area is 125 Å². The van der Waals surface area contributed by atoms with Gasteiger partial charge in [0.05, 0.1) is 4.92 Å². The molecule has 0 aliphatic carbocycles. The van der Waals surface area contributed by atoms with E-state index in [0.717, 1.165) is 6.42 Å². The largest absolute Gasteiger partial charge is 0.307 e. The van der Waals surface area contributed by atoms with Crippen molar-refractivity contribution >= 4 is 17.3 Å². The van der Waals surface area contributed by atoms with Gasteiger partial charge >= 0.3 is 0 Å². The molecule has 4 nitrogen and oxygen atoms in total. The molecule has 0 saturated heterocycles. The number of hydrogen-bond donors (Lipinski definition) is 1. The summed E-state index contributed by atoms with van der Waals surface area (Å²) in [6.07, 6.45) is 0.974. The summed E-state index contributed by atoms with van der Waals surface area (Å²) in [4.78, 5) is 10.7. The lowest BCUT2D eigenvalue weighted by atomic mass is 9.81. The van der Waals surface area contributed by atoms with Crippen LogP contribution in [0.2, 0.25) is 5.02 Å². The maximum Gasteiger partial charge on any atom is 0.275 e. The maximum absolute atomic E-state index is 11.0. The Bertz CT molecular complexity index is 493. The second-order valence-corrected chi connectivity index (χ2v) is 7.44. The molecule has 5 heteroatoms. The molecule has 0 unspecified atom stereocenters. The second kappa shape index (κ2) is 6.10. The SMILES string of the molecule is CC(C)(C)CC(C)(C)NCc1ccc(Cl)cc1[N+](=O)[O-]. The summed E-state index contributed by atoms with van der Waals surface area (Å²) in [5.74, 6) is 0. The fraction of sp³-hybridized carbons (Fsp3) is 0.600. The molecule has 0 aliphatic heterocycles. The number of nitro benzene ring substituents is 1. The molecule has 0 spiro atoms. The first-order valence-corrected chi connectivity index (χ1v) is 7.06. The van der Waals surface area contributed by atoms with E-state index >= 15 is 0 Å². The van der Waals surface area contributed by atoms with Crippen molar-refractivity contribution in [2.24, 2.45) is 5.41 Å². The van der Waals surface area contributed by atoms with Gasteiger partial charge in [0.2, 0.25) is 0 Å². The van der Waals surface area contributed by atoms with E-state index in [1.807, 2.05) is 0 Å². The minimum atomic E-state index is -0.389. The molecule has 0 amide bonds. The quantitative estimate of drug-likeness (QED) is 0.641. The summed E-state index contributed by atoms with van der Waals surface area (Å²) >= 11 is 5.81. The number of rotatable bonds is 5. The molecule has 20 heavy (non-hydrogen) atoms. The topological polar surface area (TPSA) is 55.2 Å². The fourth-order valence-corrected chi connectivity index (χ4v) is 2.75. The van der Waals surface area contributed by atoms with Gasteiger partial charge in [0.15, 0.2) is 0 Å². The highest BCUT2D eigenvalue weighted by Crippen LogP contribution is 2.28. The first kappa shape index (κ1) is 16.9. The van der Waals surface area contributed by atoms with Crippen LogP contribution in [0, 0.1) is 15.5 Å². The van der Waals surface area contributed by atoms with Gasteiger partial charge in [-0.3, -0.25) is 10.1 Å². The minimum Gasteiger partial charge on any atom is -0.307 e. The first-order valence-electron chi connectivity index (χ1n) is 6.68. The van der Waals surface area contributed by atoms with Crippen LogP contribution >= 0.6 is 11.6 Å². The van der Waals surface area contributed by atoms with Crippen molar-refractivity contribution in [1.29, 1.82) is 0 Å². The highest BCUT2D eigenvalue weighted by atomic mass is 35.5. The third-order valence-electron chi connectivity index (χ3n) is 2.97. The van der Waals surface area contributed by atoms with Crippen molar-refractivity contribution in [2.45, 2.75) is 53.1 Å². The van der Waals surface area contributed by atoms with Gasteiger partial charge in [-0.2, -0.15) is 0 Å². The van der Waals surface area contributed by atoms with Crippen LogP contribution < -0.4 is 5.32 Å². The summed E-state index contributed by atoms with van der Waals surface area (Å²) < 4.78 is 0. The van der Waals surface area contributed by atoms with Gasteiger partial charge in [0.1, 0.15) is 0 Å². The van der Waals surface area contributed by atoms with E-state index in [4.69, 9.17) is 11.6 Å². The summed E-state index contributed by atoms with van der Waals surface area (Å²) in [5, 5.41) is 14.8. The zero-order valence-corrected chi connectivity index (χ0v) is 13.5. The molecule has 1 aromatic rings. The lowest BCUT2D eigenvalue weighted by Gasteiger charge is -2.33. The van der Waals surface area contributed by atoms with Crippen LogP contribution in [-0.4, -0.2) is 10.5 Å². The van der Waals surface area contributed by atoms with Crippen LogP contribution in [0.3, 0.4) is 0 Å². The molecular formula is C15H23ClN2O2. The van der Waals surface area contributed by atoms with E-state index in [2.05, 4.69) is 39.9 Å². The van der Waals surface area contributed by atoms with Gasteiger partial charge in [0, 0.05) is 28.7 Å². The molecule has 0 aromatic heterocycles. The number of halogens is 1. The lowest BCUT2D eigenvalue weighted by Crippen LogP contribution is -2.41. The van der Waals surface area contributed by atoms with Crippen molar-refractivity contribution in [2.75, 3.05) is 0 Å². The van der Waals surface area contributed by atoms with E-state index in [1.165, 1.54) is 6.07 Å². The van der Waals surface area contributed by atoms with Crippen LogP contribution in [0.25, 0.3) is 0 Å². The lowest BCUT2D eigenvalue weighted by molar-refractivity contribution is -0.385. The molecule has 0 radical (unpaired) electrons. The molecule has 0 fully saturated rings. The Morgan fingerprint density at radius 1 is 1.25 bits per heavy atom. The highest BCUT2D eigenvalue weighted by Gasteiger charge is 2.25. The van der Waals surface area contributed by atoms with Crippen LogP contribution in [0.4, 0.5) is 5.69 Å². The number of benzene rings is 1. The van der Waals surface area contributed by atoms with Crippen molar-refractivity contribution in [3.05, 3.63) is 38.9 Å². The molecule has 1 aromatic carbocycles. The summed E-state index contributed by atoms with van der Waals surface area (Å²) in [5.41, 5.74) is 0.826. The number of nitro groups is 1. The van der Waals surface area contributed by atoms with E-state index in [1.54, 1.807) is 12.1 Å². The third-order valence-corrected chi connectivity index (χ3v) is 3.21. The zero-order chi connectivity index (χ0) is 15.6. The average molecular weight is 299 g/mol. The first-order chi connectivity index (χ1) is 9.00. The zero-order valence-electron chi connectivity index (χ0n) is 12.8. The van der Waals surface area contributed by atoms with Crippen LogP contribution in [-0.2, 0) is 6.54 Å². The monoisotopic (exact) mass is 298 g/mol. The standard InChI is InChI=1S/C15H23ClN2O2/c1-14(2,3)10-15(4,5)17-9-11-6-7-12(16)8-13(11)18(19)20/h6-8,17H,9-10H2,1-5H3. The predicted molar refractivity (Wildman–Crippen MR) is 83.1 cm³/mol. The van der Waals surface area contributed by atoms with E-state index in [9.17, 15) is 10.1 Å². The van der Waals surface area contributed by atoms with Crippen LogP contribution in [0.5, 0.6) is 0 Å². The predicted octanol–water partition coefficient (Wildman–Crippen LogP) is 4.55. The highest BCUT2D eigenvalue weighted by molar-refractivity contribution is 6.30. The molecule has 0 aliphatic rings. The van der Waals surface area contributed by atoms with Crippen LogP contribution in [0.15, 0.2) is 18.2 Å². The molecule has 1 rings (SSSR count). The molecule has 112 valence electrons. The Balaban J connectivity index is 2.82. The Hall–Kier alpha value is -1.13. The van der Waals surface area contributed by atoms with Crippen LogP contribution in [0.1, 0.15) is 46.6 Å². The summed E-state index contributed by atoms with van der Waals surface area (Å²) in [6, 6.07) is 4.79. The molecule has 1 N–H and O–H groups in total. The molecule has 0 atom stereocenters. The molecule has 0 saturated carbocycles. The third kappa shape index (κ3) is 5.47. The van der Waals surface area contributed by atoms with E-state index in [-0.39, 0.29) is 21.6 Å². The Kier molecular flexibility index (Phi) is 5.16. The molecule has 0 heterocycles. The fourth-order valence-electron chi connectivity index (χ4n) is 2.58. The summed E-state index contributed by atoms with van der Waals surface area (Å²) in [6.45, 7) is 11.2. The number of nitrogens with zero attached hydrogens (tertiary/aromatic N) is 1. The van der Waals surface area contributed by atoms with Gasteiger partial charge in [0.25, 0.3) is 5.69 Å². The second-order valence-electron chi connectivity index (χ2n) is 7.01. The molecular weight excluding hydrogens is 276 g/mol. The van der Waals surface area contributed by atoms with Gasteiger partial charge in [-0.05, 0) is 37.8 Å². The van der Waals surface area contributed by atoms with Gasteiger partial charge in [-0.25, -0.2) is 0 Å². The smallest absolute Gasteiger partial charge is 0.275 e. The minimum absolute atomic E-state index is 0.0663. The van der Waals surface area contributed by atoms with Crippen molar-refractivity contribution in [3.63, 3.8) is 0 Å². The molecule has 0 bridgehead atoms. The van der Waals surface area contributed by atoms with Crippen molar-refractivity contribution in [3.8, 4) is 0 Å². The van der Waals surface area contributed by atoms with Crippen molar-refractivity contribution in [1.82, 2.24) is 5.32 Å². The normalized spacial score (nSPS) is 12.5. The van der Waals surface area contributed by atoms with Gasteiger partial charge < -0.3 is 5.32 Å². The van der Waals surface area contributed by atoms with E-state index in [0.29, 0.717) is 17.1 Å².